The summed E-state index contributed by atoms with van der Waals surface area (Å²) in [5.74, 6) is 0.612. The van der Waals surface area contributed by atoms with Crippen LogP contribution in [0.1, 0.15) is 5.56 Å². The molecule has 0 aliphatic heterocycles. The van der Waals surface area contributed by atoms with Crippen LogP contribution in [0.2, 0.25) is 0 Å². The topological polar surface area (TPSA) is 0 Å². The summed E-state index contributed by atoms with van der Waals surface area (Å²) in [6.45, 7) is 0. The molecule has 0 aromatic heterocycles. The Morgan fingerprint density at radius 2 is 1.67 bits per heavy atom. The van der Waals surface area contributed by atoms with Crippen molar-refractivity contribution >= 4 is 60.5 Å². The monoisotopic (exact) mass is 266 g/mol. The zero-order valence-corrected chi connectivity index (χ0v) is 5.23. The van der Waals surface area contributed by atoms with Gasteiger partial charge in [-0.1, -0.05) is 30.3 Å². The van der Waals surface area contributed by atoms with Crippen LogP contribution in [-0.4, -0.2) is 48.9 Å². The van der Waals surface area contributed by atoms with Crippen LogP contribution in [-0.2, 0) is 5.88 Å². The molecule has 9 heavy (non-hydrogen) atoms. The summed E-state index contributed by atoms with van der Waals surface area (Å²) in [7, 11) is 0. The zero-order valence-electron chi connectivity index (χ0n) is 4.47. The molecule has 0 N–H and O–H groups in total. The van der Waals surface area contributed by atoms with Gasteiger partial charge in [-0.25, -0.2) is 0 Å². The van der Waals surface area contributed by atoms with Gasteiger partial charge in [0.2, 0.25) is 0 Å². The van der Waals surface area contributed by atoms with Crippen LogP contribution in [0.4, 0.5) is 0 Å². The van der Waals surface area contributed by atoms with E-state index in [2.05, 4.69) is 0 Å². The molecule has 0 saturated carbocycles. The number of hydrogen-bond donors (Lipinski definition) is 0. The predicted molar refractivity (Wildman–Crippen MR) is 44.5 cm³/mol. The van der Waals surface area contributed by atoms with Crippen molar-refractivity contribution in [2.75, 3.05) is 0 Å². The first kappa shape index (κ1) is 10.1. The van der Waals surface area contributed by atoms with Crippen LogP contribution < -0.4 is 0 Å². The summed E-state index contributed by atoms with van der Waals surface area (Å²) in [5.41, 5.74) is 1.18. The summed E-state index contributed by atoms with van der Waals surface area (Å²) < 4.78 is 0. The van der Waals surface area contributed by atoms with E-state index in [0.29, 0.717) is 5.88 Å². The first-order valence-electron chi connectivity index (χ1n) is 2.53. The van der Waals surface area contributed by atoms with Crippen LogP contribution in [0.5, 0.6) is 0 Å². The maximum absolute atomic E-state index is 5.53. The fraction of sp³-hybridized carbons (Fsp3) is 0.143. The van der Waals surface area contributed by atoms with Gasteiger partial charge in [0, 0.05) is 5.88 Å². The minimum atomic E-state index is 0. The van der Waals surface area contributed by atoms with Crippen LogP contribution in [0, 0.1) is 0 Å². The van der Waals surface area contributed by atoms with Crippen LogP contribution >= 0.6 is 11.6 Å². The van der Waals surface area contributed by atoms with Crippen molar-refractivity contribution in [3.8, 4) is 0 Å². The van der Waals surface area contributed by atoms with E-state index >= 15 is 0 Å². The quantitative estimate of drug-likeness (QED) is 0.534. The molecule has 1 rings (SSSR count). The Hall–Kier alpha value is 1.08. The molecule has 1 aromatic rings. The van der Waals surface area contributed by atoms with Gasteiger partial charge in [-0.15, -0.1) is 11.6 Å². The van der Waals surface area contributed by atoms with Gasteiger partial charge in [0.05, 0.1) is 0 Å². The van der Waals surface area contributed by atoms with Gasteiger partial charge in [-0.3, -0.25) is 0 Å². The van der Waals surface area contributed by atoms with Gasteiger partial charge >= 0.3 is 48.9 Å². The van der Waals surface area contributed by atoms with Crippen molar-refractivity contribution in [3.05, 3.63) is 35.9 Å². The summed E-state index contributed by atoms with van der Waals surface area (Å²) in [4.78, 5) is 0. The van der Waals surface area contributed by atoms with Gasteiger partial charge in [-0.2, -0.15) is 0 Å². The number of benzene rings is 1. The van der Waals surface area contributed by atoms with E-state index in [1.807, 2.05) is 30.3 Å². The van der Waals surface area contributed by atoms with Gasteiger partial charge in [0.15, 0.2) is 0 Å². The molecule has 0 aliphatic rings. The normalized spacial score (nSPS) is 8.11. The minimum absolute atomic E-state index is 0. The average molecular weight is 266 g/mol. The van der Waals surface area contributed by atoms with Gasteiger partial charge in [0.1, 0.15) is 0 Å². The standard InChI is InChI=1S/C7H7Cl.Ba.2H/c8-6-7-4-2-1-3-5-7;;;/h1-5H,6H2;;;. The van der Waals surface area contributed by atoms with E-state index in [9.17, 15) is 0 Å². The molecule has 0 atom stereocenters. The zero-order chi connectivity index (χ0) is 5.82. The van der Waals surface area contributed by atoms with E-state index in [1.54, 1.807) is 0 Å². The fourth-order valence-electron chi connectivity index (χ4n) is 0.567. The maximum atomic E-state index is 5.53. The third-order valence-electron chi connectivity index (χ3n) is 0.997. The van der Waals surface area contributed by atoms with Crippen molar-refractivity contribution in [1.82, 2.24) is 0 Å². The molecule has 0 bridgehead atoms. The molecule has 0 spiro atoms. The summed E-state index contributed by atoms with van der Waals surface area (Å²) in [5, 5.41) is 0. The molecule has 0 radical (unpaired) electrons. The Kier molecular flexibility index (Phi) is 6.54. The molecule has 0 unspecified atom stereocenters. The molecule has 0 amide bonds. The molecular weight excluding hydrogens is 257 g/mol. The fourth-order valence-corrected chi connectivity index (χ4v) is 0.745. The van der Waals surface area contributed by atoms with Crippen molar-refractivity contribution < 1.29 is 0 Å². The molecule has 1 aromatic carbocycles. The van der Waals surface area contributed by atoms with Gasteiger partial charge in [0.25, 0.3) is 0 Å². The second-order valence-corrected chi connectivity index (χ2v) is 1.89. The van der Waals surface area contributed by atoms with E-state index in [1.165, 1.54) is 5.56 Å². The molecule has 46 valence electrons. The summed E-state index contributed by atoms with van der Waals surface area (Å²) in [6, 6.07) is 9.96. The molecular formula is C7H9BaCl. The first-order valence-corrected chi connectivity index (χ1v) is 3.07. The number of alkyl halides is 1. The second-order valence-electron chi connectivity index (χ2n) is 1.62. The Balaban J connectivity index is 0.000000640. The van der Waals surface area contributed by atoms with Crippen molar-refractivity contribution in [3.63, 3.8) is 0 Å². The third-order valence-corrected chi connectivity index (χ3v) is 1.31. The van der Waals surface area contributed by atoms with Gasteiger partial charge in [-0.05, 0) is 5.56 Å². The van der Waals surface area contributed by atoms with Crippen molar-refractivity contribution in [1.29, 1.82) is 0 Å². The summed E-state index contributed by atoms with van der Waals surface area (Å²) >= 11 is 5.53. The summed E-state index contributed by atoms with van der Waals surface area (Å²) in [6.07, 6.45) is 0. The van der Waals surface area contributed by atoms with E-state index in [-0.39, 0.29) is 48.9 Å². The SMILES string of the molecule is ClCc1ccccc1.[BaH2]. The molecule has 0 heterocycles. The Labute approximate surface area is 101 Å². The van der Waals surface area contributed by atoms with Crippen LogP contribution in [0.15, 0.2) is 30.3 Å². The number of rotatable bonds is 1. The predicted octanol–water partition coefficient (Wildman–Crippen LogP) is 1.51. The number of halogens is 1. The molecule has 2 heteroatoms. The number of hydrogen-bond acceptors (Lipinski definition) is 0. The van der Waals surface area contributed by atoms with Crippen molar-refractivity contribution in [2.24, 2.45) is 0 Å². The Morgan fingerprint density at radius 3 is 2.00 bits per heavy atom. The second kappa shape index (κ2) is 5.84. The molecule has 0 saturated heterocycles. The average Bonchev–Trinajstić information content (AvgIpc) is 1.90. The molecule has 0 aliphatic carbocycles. The first-order chi connectivity index (χ1) is 3.93. The molecule has 0 fully saturated rings. The van der Waals surface area contributed by atoms with Crippen LogP contribution in [0.25, 0.3) is 0 Å². The Morgan fingerprint density at radius 1 is 1.11 bits per heavy atom. The van der Waals surface area contributed by atoms with E-state index < -0.39 is 0 Å². The van der Waals surface area contributed by atoms with Crippen LogP contribution in [0.3, 0.4) is 0 Å². The Bertz CT molecular complexity index is 150. The van der Waals surface area contributed by atoms with Gasteiger partial charge < -0.3 is 0 Å². The van der Waals surface area contributed by atoms with Crippen molar-refractivity contribution in [2.45, 2.75) is 5.88 Å². The third kappa shape index (κ3) is 3.71. The molecule has 0 nitrogen and oxygen atoms in total. The van der Waals surface area contributed by atoms with E-state index in [4.69, 9.17) is 11.6 Å². The van der Waals surface area contributed by atoms with E-state index in [0.717, 1.165) is 0 Å².